The highest BCUT2D eigenvalue weighted by atomic mass is 32.1. The van der Waals surface area contributed by atoms with Crippen molar-refractivity contribution in [1.82, 2.24) is 14.9 Å². The molecule has 0 bridgehead atoms. The molecule has 0 saturated heterocycles. The number of rotatable bonds is 7. The molecule has 158 valence electrons. The second-order valence-electron chi connectivity index (χ2n) is 8.05. The van der Waals surface area contributed by atoms with Gasteiger partial charge in [-0.05, 0) is 47.0 Å². The van der Waals surface area contributed by atoms with Crippen molar-refractivity contribution in [1.29, 1.82) is 0 Å². The van der Waals surface area contributed by atoms with Gasteiger partial charge in [-0.15, -0.1) is 11.3 Å². The van der Waals surface area contributed by atoms with E-state index in [2.05, 4.69) is 48.4 Å². The van der Waals surface area contributed by atoms with E-state index < -0.39 is 0 Å². The molecule has 4 rings (SSSR count). The maximum absolute atomic E-state index is 12.9. The van der Waals surface area contributed by atoms with Crippen LogP contribution in [-0.2, 0) is 17.8 Å². The van der Waals surface area contributed by atoms with E-state index in [1.807, 2.05) is 23.6 Å². The first-order chi connectivity index (χ1) is 15.0. The van der Waals surface area contributed by atoms with Crippen molar-refractivity contribution in [3.05, 3.63) is 98.7 Å². The molecule has 2 aromatic carbocycles. The fraction of sp³-hybridized carbons (Fsp3) is 0.240. The van der Waals surface area contributed by atoms with Gasteiger partial charge in [-0.2, -0.15) is 0 Å². The highest BCUT2D eigenvalue weighted by molar-refractivity contribution is 7.10. The van der Waals surface area contributed by atoms with E-state index in [0.29, 0.717) is 16.8 Å². The summed E-state index contributed by atoms with van der Waals surface area (Å²) in [5.74, 6) is 0.358. The molecular formula is C25H25N3O2S. The molecule has 2 aromatic heterocycles. The summed E-state index contributed by atoms with van der Waals surface area (Å²) in [5, 5.41) is 5.61. The third kappa shape index (κ3) is 4.91. The zero-order valence-electron chi connectivity index (χ0n) is 17.6. The Balaban J connectivity index is 1.56. The van der Waals surface area contributed by atoms with Crippen molar-refractivity contribution in [2.75, 3.05) is 0 Å². The molecule has 6 heteroatoms. The van der Waals surface area contributed by atoms with E-state index >= 15 is 0 Å². The van der Waals surface area contributed by atoms with Crippen LogP contribution in [-0.4, -0.2) is 15.5 Å². The highest BCUT2D eigenvalue weighted by Crippen LogP contribution is 2.26. The quantitative estimate of drug-likeness (QED) is 0.466. The zero-order valence-corrected chi connectivity index (χ0v) is 18.4. The minimum Gasteiger partial charge on any atom is -0.343 e. The number of nitrogens with zero attached hydrogens (tertiary/aromatic N) is 2. The zero-order chi connectivity index (χ0) is 21.8. The van der Waals surface area contributed by atoms with Crippen molar-refractivity contribution in [3.63, 3.8) is 0 Å². The topological polar surface area (TPSA) is 64.0 Å². The predicted molar refractivity (Wildman–Crippen MR) is 125 cm³/mol. The second-order valence-corrected chi connectivity index (χ2v) is 9.03. The van der Waals surface area contributed by atoms with E-state index in [-0.39, 0.29) is 24.1 Å². The van der Waals surface area contributed by atoms with Gasteiger partial charge in [0.15, 0.2) is 0 Å². The molecule has 1 N–H and O–H groups in total. The molecule has 0 aliphatic heterocycles. The molecule has 5 nitrogen and oxygen atoms in total. The number of nitrogens with one attached hydrogen (secondary N) is 1. The monoisotopic (exact) mass is 431 g/mol. The fourth-order valence-electron chi connectivity index (χ4n) is 3.67. The lowest BCUT2D eigenvalue weighted by atomic mass is 9.99. The third-order valence-corrected chi connectivity index (χ3v) is 6.07. The molecule has 0 aliphatic rings. The maximum Gasteiger partial charge on any atom is 0.261 e. The molecule has 0 radical (unpaired) electrons. The Labute approximate surface area is 185 Å². The summed E-state index contributed by atoms with van der Waals surface area (Å²) in [7, 11) is 0. The van der Waals surface area contributed by atoms with Gasteiger partial charge in [-0.3, -0.25) is 14.2 Å². The van der Waals surface area contributed by atoms with Crippen LogP contribution in [0.25, 0.3) is 10.9 Å². The average Bonchev–Trinajstić information content (AvgIpc) is 3.29. The summed E-state index contributed by atoms with van der Waals surface area (Å²) in [6, 6.07) is 19.3. The Morgan fingerprint density at radius 3 is 2.55 bits per heavy atom. The minimum absolute atomic E-state index is 0.0794. The molecule has 1 atom stereocenters. The number of thiophene rings is 1. The van der Waals surface area contributed by atoms with E-state index in [9.17, 15) is 9.59 Å². The highest BCUT2D eigenvalue weighted by Gasteiger charge is 2.19. The van der Waals surface area contributed by atoms with Crippen molar-refractivity contribution in [2.45, 2.75) is 32.9 Å². The lowest BCUT2D eigenvalue weighted by Crippen LogP contribution is -2.35. The van der Waals surface area contributed by atoms with E-state index in [4.69, 9.17) is 0 Å². The van der Waals surface area contributed by atoms with Gasteiger partial charge in [-0.1, -0.05) is 56.3 Å². The molecule has 0 fully saturated rings. The maximum atomic E-state index is 12.9. The number of benzene rings is 2. The van der Waals surface area contributed by atoms with E-state index in [0.717, 1.165) is 16.9 Å². The number of hydrogen-bond acceptors (Lipinski definition) is 4. The van der Waals surface area contributed by atoms with Crippen LogP contribution in [0.4, 0.5) is 0 Å². The summed E-state index contributed by atoms with van der Waals surface area (Å²) in [5.41, 5.74) is 2.71. The summed E-state index contributed by atoms with van der Waals surface area (Å²) in [6.07, 6.45) is 2.46. The van der Waals surface area contributed by atoms with Gasteiger partial charge in [-0.25, -0.2) is 4.98 Å². The van der Waals surface area contributed by atoms with Crippen molar-refractivity contribution >= 4 is 28.1 Å². The van der Waals surface area contributed by atoms with Crippen molar-refractivity contribution < 1.29 is 4.79 Å². The van der Waals surface area contributed by atoms with Crippen LogP contribution in [0.1, 0.15) is 35.9 Å². The van der Waals surface area contributed by atoms with Crippen LogP contribution in [0, 0.1) is 5.92 Å². The molecular weight excluding hydrogens is 406 g/mol. The average molecular weight is 432 g/mol. The Kier molecular flexibility index (Phi) is 6.28. The number of amides is 1. The molecule has 1 amide bonds. The molecule has 0 spiro atoms. The normalized spacial score (nSPS) is 12.2. The van der Waals surface area contributed by atoms with Gasteiger partial charge in [0, 0.05) is 4.88 Å². The van der Waals surface area contributed by atoms with Crippen LogP contribution < -0.4 is 10.9 Å². The Morgan fingerprint density at radius 1 is 1.06 bits per heavy atom. The number of fused-ring (bicyclic) bond motifs is 1. The predicted octanol–water partition coefficient (Wildman–Crippen LogP) is 4.56. The number of aromatic nitrogens is 2. The van der Waals surface area contributed by atoms with Gasteiger partial charge >= 0.3 is 0 Å². The summed E-state index contributed by atoms with van der Waals surface area (Å²) >= 11 is 1.60. The molecule has 4 aromatic rings. The number of carbonyl (C=O) groups is 1. The summed E-state index contributed by atoms with van der Waals surface area (Å²) in [6.45, 7) is 4.32. The van der Waals surface area contributed by atoms with Crippen LogP contribution >= 0.6 is 11.3 Å². The SMILES string of the molecule is CC(C)Cc1ccc(C(NC(=O)Cn2cnc3ccccc3c2=O)c2cccs2)cc1. The number of hydrogen-bond donors (Lipinski definition) is 1. The molecule has 31 heavy (non-hydrogen) atoms. The first-order valence-corrected chi connectivity index (χ1v) is 11.2. The van der Waals surface area contributed by atoms with Crippen LogP contribution in [0.15, 0.2) is 77.2 Å². The first-order valence-electron chi connectivity index (χ1n) is 10.4. The Bertz CT molecular complexity index is 1230. The third-order valence-electron chi connectivity index (χ3n) is 5.14. The number of para-hydroxylation sites is 1. The van der Waals surface area contributed by atoms with E-state index in [1.54, 1.807) is 29.5 Å². The smallest absolute Gasteiger partial charge is 0.261 e. The van der Waals surface area contributed by atoms with Gasteiger partial charge in [0.2, 0.25) is 5.91 Å². The van der Waals surface area contributed by atoms with Gasteiger partial charge in [0.1, 0.15) is 6.54 Å². The van der Waals surface area contributed by atoms with Crippen LogP contribution in [0.3, 0.4) is 0 Å². The Morgan fingerprint density at radius 2 is 1.84 bits per heavy atom. The molecule has 0 saturated carbocycles. The second kappa shape index (κ2) is 9.27. The fourth-order valence-corrected chi connectivity index (χ4v) is 4.47. The number of carbonyl (C=O) groups excluding carboxylic acids is 1. The molecule has 0 aliphatic carbocycles. The van der Waals surface area contributed by atoms with Gasteiger partial charge < -0.3 is 5.32 Å². The lowest BCUT2D eigenvalue weighted by Gasteiger charge is -2.19. The first kappa shape index (κ1) is 21.0. The largest absolute Gasteiger partial charge is 0.343 e. The minimum atomic E-state index is -0.260. The van der Waals surface area contributed by atoms with Crippen molar-refractivity contribution in [3.8, 4) is 0 Å². The Hall–Kier alpha value is -3.25. The van der Waals surface area contributed by atoms with E-state index in [1.165, 1.54) is 16.5 Å². The molecule has 1 unspecified atom stereocenters. The van der Waals surface area contributed by atoms with Crippen molar-refractivity contribution in [2.24, 2.45) is 5.92 Å². The summed E-state index contributed by atoms with van der Waals surface area (Å²) in [4.78, 5) is 31.0. The van der Waals surface area contributed by atoms with Crippen LogP contribution in [0.2, 0.25) is 0 Å². The standard InChI is InChI=1S/C25H25N3O2S/c1-17(2)14-18-9-11-19(12-10-18)24(22-8-5-13-31-22)27-23(29)15-28-16-26-21-7-4-3-6-20(21)25(28)30/h3-13,16-17,24H,14-15H2,1-2H3,(H,27,29). The van der Waals surface area contributed by atoms with Crippen LogP contribution in [0.5, 0.6) is 0 Å². The van der Waals surface area contributed by atoms with Gasteiger partial charge in [0.05, 0.1) is 23.3 Å². The lowest BCUT2D eigenvalue weighted by molar-refractivity contribution is -0.122. The summed E-state index contributed by atoms with van der Waals surface area (Å²) < 4.78 is 1.36. The molecule has 2 heterocycles. The van der Waals surface area contributed by atoms with Gasteiger partial charge in [0.25, 0.3) is 5.56 Å².